The van der Waals surface area contributed by atoms with Gasteiger partial charge in [0.05, 0.1) is 13.2 Å². The summed E-state index contributed by atoms with van der Waals surface area (Å²) in [6.45, 7) is 5.18. The first kappa shape index (κ1) is 40.1. The topological polar surface area (TPSA) is 55.8 Å². The number of allylic oxidation sites excluding steroid dienone is 10. The number of carbonyl (C=O) groups is 1. The van der Waals surface area contributed by atoms with Crippen LogP contribution >= 0.6 is 0 Å². The van der Waals surface area contributed by atoms with Crippen LogP contribution in [-0.4, -0.2) is 37.0 Å². The van der Waals surface area contributed by atoms with Crippen LogP contribution < -0.4 is 0 Å². The highest BCUT2D eigenvalue weighted by molar-refractivity contribution is 5.69. The van der Waals surface area contributed by atoms with E-state index in [1.165, 1.54) is 64.2 Å². The molecule has 0 aliphatic heterocycles. The Balaban J connectivity index is 3.57. The Morgan fingerprint density at radius 1 is 0.595 bits per heavy atom. The van der Waals surface area contributed by atoms with Crippen molar-refractivity contribution in [3.05, 3.63) is 60.8 Å². The van der Waals surface area contributed by atoms with Gasteiger partial charge in [0.15, 0.2) is 0 Å². The Morgan fingerprint density at radius 2 is 1.07 bits per heavy atom. The number of carbonyl (C=O) groups excluding carboxylic acids is 1. The first-order valence-electron chi connectivity index (χ1n) is 17.4. The Bertz CT molecular complexity index is 704. The van der Waals surface area contributed by atoms with Gasteiger partial charge in [0.25, 0.3) is 0 Å². The minimum Gasteiger partial charge on any atom is -0.457 e. The van der Waals surface area contributed by atoms with E-state index in [9.17, 15) is 9.90 Å². The number of ether oxygens (including phenoxy) is 2. The molecule has 1 N–H and O–H groups in total. The van der Waals surface area contributed by atoms with Crippen LogP contribution in [0, 0.1) is 0 Å². The molecule has 1 unspecified atom stereocenters. The molecule has 4 nitrogen and oxygen atoms in total. The molecular weight excluding hydrogens is 520 g/mol. The zero-order valence-electron chi connectivity index (χ0n) is 27.5. The van der Waals surface area contributed by atoms with E-state index in [1.54, 1.807) is 0 Å². The second-order valence-corrected chi connectivity index (χ2v) is 11.2. The van der Waals surface area contributed by atoms with Crippen molar-refractivity contribution in [2.24, 2.45) is 0 Å². The van der Waals surface area contributed by atoms with Crippen molar-refractivity contribution in [2.75, 3.05) is 19.8 Å². The highest BCUT2D eigenvalue weighted by Crippen LogP contribution is 2.12. The maximum absolute atomic E-state index is 12.1. The van der Waals surface area contributed by atoms with Crippen molar-refractivity contribution in [3.8, 4) is 0 Å². The van der Waals surface area contributed by atoms with Gasteiger partial charge in [-0.15, -0.1) is 0 Å². The van der Waals surface area contributed by atoms with Crippen LogP contribution in [0.2, 0.25) is 0 Å². The number of hydrogen-bond donors (Lipinski definition) is 1. The summed E-state index contributed by atoms with van der Waals surface area (Å²) in [7, 11) is 0. The van der Waals surface area contributed by atoms with Crippen molar-refractivity contribution in [1.29, 1.82) is 0 Å². The fourth-order valence-electron chi connectivity index (χ4n) is 4.53. The lowest BCUT2D eigenvalue weighted by Gasteiger charge is -2.15. The molecule has 0 spiro atoms. The predicted molar refractivity (Wildman–Crippen MR) is 182 cm³/mol. The number of rotatable bonds is 31. The molecule has 0 saturated heterocycles. The second-order valence-electron chi connectivity index (χ2n) is 11.2. The standard InChI is InChI=1S/C38H66O4/c1-3-5-7-9-11-13-15-16-17-18-19-20-21-22-23-25-27-29-31-33-38(40)42-37(35-39)36-41-34-32-30-28-26-24-14-12-10-8-6-4-2/h5,7,11,13,16-17,19-20,22-23,37,39H,3-4,6,8-10,12,14-15,18,21,24-36H2,1-2H3/b7-5-,13-11-,17-16-,20-19-,23-22-. The first-order valence-corrected chi connectivity index (χ1v) is 17.4. The maximum atomic E-state index is 12.1. The van der Waals surface area contributed by atoms with Crippen LogP contribution in [0.3, 0.4) is 0 Å². The lowest BCUT2D eigenvalue weighted by atomic mass is 10.1. The van der Waals surface area contributed by atoms with Crippen molar-refractivity contribution in [2.45, 2.75) is 155 Å². The van der Waals surface area contributed by atoms with Gasteiger partial charge in [-0.1, -0.05) is 145 Å². The zero-order chi connectivity index (χ0) is 30.6. The van der Waals surface area contributed by atoms with E-state index < -0.39 is 6.10 Å². The molecule has 0 aromatic rings. The smallest absolute Gasteiger partial charge is 0.306 e. The van der Waals surface area contributed by atoms with Crippen LogP contribution in [0.1, 0.15) is 149 Å². The van der Waals surface area contributed by atoms with Crippen LogP contribution in [0.15, 0.2) is 60.8 Å². The van der Waals surface area contributed by atoms with Gasteiger partial charge in [0, 0.05) is 13.0 Å². The van der Waals surface area contributed by atoms with E-state index in [0.29, 0.717) is 13.0 Å². The van der Waals surface area contributed by atoms with Gasteiger partial charge < -0.3 is 14.6 Å². The molecule has 0 fully saturated rings. The molecule has 242 valence electrons. The minimum atomic E-state index is -0.550. The van der Waals surface area contributed by atoms with E-state index in [0.717, 1.165) is 64.2 Å². The highest BCUT2D eigenvalue weighted by atomic mass is 16.6. The molecule has 0 saturated carbocycles. The first-order chi connectivity index (χ1) is 20.7. The molecule has 1 atom stereocenters. The van der Waals surface area contributed by atoms with Crippen LogP contribution in [0.4, 0.5) is 0 Å². The lowest BCUT2D eigenvalue weighted by Crippen LogP contribution is -2.27. The third-order valence-corrected chi connectivity index (χ3v) is 7.11. The summed E-state index contributed by atoms with van der Waals surface area (Å²) in [6.07, 6.45) is 45.4. The Labute approximate surface area is 260 Å². The molecule has 4 heteroatoms. The van der Waals surface area contributed by atoms with Crippen LogP contribution in [0.5, 0.6) is 0 Å². The van der Waals surface area contributed by atoms with Crippen molar-refractivity contribution in [3.63, 3.8) is 0 Å². The van der Waals surface area contributed by atoms with Crippen LogP contribution in [-0.2, 0) is 14.3 Å². The van der Waals surface area contributed by atoms with Gasteiger partial charge in [-0.2, -0.15) is 0 Å². The average Bonchev–Trinajstić information content (AvgIpc) is 3.00. The second kappa shape index (κ2) is 35.3. The summed E-state index contributed by atoms with van der Waals surface area (Å²) in [6, 6.07) is 0. The number of hydrogen-bond acceptors (Lipinski definition) is 4. The normalized spacial score (nSPS) is 13.1. The molecule has 0 aliphatic rings. The van der Waals surface area contributed by atoms with E-state index >= 15 is 0 Å². The summed E-state index contributed by atoms with van der Waals surface area (Å²) < 4.78 is 11.1. The van der Waals surface area contributed by atoms with Gasteiger partial charge in [0.1, 0.15) is 6.10 Å². The van der Waals surface area contributed by atoms with E-state index in [2.05, 4.69) is 74.6 Å². The molecule has 0 amide bonds. The molecule has 0 aromatic carbocycles. The molecular formula is C38H66O4. The molecule has 0 radical (unpaired) electrons. The lowest BCUT2D eigenvalue weighted by molar-refractivity contribution is -0.154. The fraction of sp³-hybridized carbons (Fsp3) is 0.711. The molecule has 0 aliphatic carbocycles. The summed E-state index contributed by atoms with van der Waals surface area (Å²) in [5.74, 6) is -0.234. The Kier molecular flexibility index (Phi) is 33.7. The van der Waals surface area contributed by atoms with Crippen molar-refractivity contribution >= 4 is 5.97 Å². The van der Waals surface area contributed by atoms with E-state index in [1.807, 2.05) is 0 Å². The number of aliphatic hydroxyl groups is 1. The Morgan fingerprint density at radius 3 is 1.60 bits per heavy atom. The van der Waals surface area contributed by atoms with Gasteiger partial charge in [-0.05, 0) is 57.8 Å². The van der Waals surface area contributed by atoms with Crippen LogP contribution in [0.25, 0.3) is 0 Å². The van der Waals surface area contributed by atoms with Crippen molar-refractivity contribution < 1.29 is 19.4 Å². The third kappa shape index (κ3) is 32.6. The fourth-order valence-corrected chi connectivity index (χ4v) is 4.53. The average molecular weight is 587 g/mol. The quantitative estimate of drug-likeness (QED) is 0.0499. The molecule has 0 bridgehead atoms. The van der Waals surface area contributed by atoms with E-state index in [4.69, 9.17) is 9.47 Å². The van der Waals surface area contributed by atoms with Gasteiger partial charge in [0.2, 0.25) is 0 Å². The van der Waals surface area contributed by atoms with Gasteiger partial charge >= 0.3 is 5.97 Å². The predicted octanol–water partition coefficient (Wildman–Crippen LogP) is 10.9. The molecule has 0 aromatic heterocycles. The SMILES string of the molecule is CC/C=C\C/C=C\C/C=C\C/C=C\C/C=C\CCCCCC(=O)OC(CO)COCCCCCCCCCCCCC. The largest absolute Gasteiger partial charge is 0.457 e. The number of esters is 1. The maximum Gasteiger partial charge on any atom is 0.306 e. The van der Waals surface area contributed by atoms with E-state index in [-0.39, 0.29) is 19.2 Å². The highest BCUT2D eigenvalue weighted by Gasteiger charge is 2.13. The van der Waals surface area contributed by atoms with Crippen molar-refractivity contribution in [1.82, 2.24) is 0 Å². The summed E-state index contributed by atoms with van der Waals surface area (Å²) in [5, 5.41) is 9.52. The zero-order valence-corrected chi connectivity index (χ0v) is 27.5. The monoisotopic (exact) mass is 586 g/mol. The summed E-state index contributed by atoms with van der Waals surface area (Å²) in [4.78, 5) is 12.1. The summed E-state index contributed by atoms with van der Waals surface area (Å²) >= 11 is 0. The third-order valence-electron chi connectivity index (χ3n) is 7.11. The van der Waals surface area contributed by atoms with Gasteiger partial charge in [-0.25, -0.2) is 0 Å². The molecule has 42 heavy (non-hydrogen) atoms. The molecule has 0 heterocycles. The number of unbranched alkanes of at least 4 members (excludes halogenated alkanes) is 13. The molecule has 0 rings (SSSR count). The Hall–Kier alpha value is -1.91. The van der Waals surface area contributed by atoms with Gasteiger partial charge in [-0.3, -0.25) is 4.79 Å². The number of aliphatic hydroxyl groups excluding tert-OH is 1. The minimum absolute atomic E-state index is 0.186. The summed E-state index contributed by atoms with van der Waals surface area (Å²) in [5.41, 5.74) is 0.